The highest BCUT2D eigenvalue weighted by Gasteiger charge is 2.61. The molecular weight excluding hydrogens is 250 g/mol. The molecule has 0 aliphatic heterocycles. The van der Waals surface area contributed by atoms with Gasteiger partial charge in [-0.15, -0.1) is 0 Å². The molecule has 2 bridgehead atoms. The first-order valence-corrected chi connectivity index (χ1v) is 7.51. The third-order valence-electron chi connectivity index (χ3n) is 6.38. The zero-order valence-corrected chi connectivity index (χ0v) is 12.7. The Morgan fingerprint density at radius 3 is 2.40 bits per heavy atom. The van der Waals surface area contributed by atoms with E-state index < -0.39 is 5.78 Å². The van der Waals surface area contributed by atoms with Crippen molar-refractivity contribution >= 4 is 11.6 Å². The number of fused-ring (bicyclic) bond motifs is 2. The summed E-state index contributed by atoms with van der Waals surface area (Å²) in [7, 11) is 0. The molecule has 20 heavy (non-hydrogen) atoms. The molecule has 3 nitrogen and oxygen atoms in total. The highest BCUT2D eigenvalue weighted by Crippen LogP contribution is 2.65. The van der Waals surface area contributed by atoms with E-state index in [4.69, 9.17) is 0 Å². The number of hydrogen-bond donors (Lipinski definition) is 1. The fourth-order valence-corrected chi connectivity index (χ4v) is 4.45. The van der Waals surface area contributed by atoms with Crippen LogP contribution in [0.15, 0.2) is 23.4 Å². The summed E-state index contributed by atoms with van der Waals surface area (Å²) >= 11 is 0. The Kier molecular flexibility index (Phi) is 2.76. The minimum Gasteiger partial charge on any atom is -0.382 e. The summed E-state index contributed by atoms with van der Waals surface area (Å²) in [5.74, 6) is -0.0216. The number of hydrogen-bond acceptors (Lipinski definition) is 3. The molecule has 0 spiro atoms. The number of carbonyl (C=O) groups is 2. The van der Waals surface area contributed by atoms with Crippen molar-refractivity contribution in [2.75, 3.05) is 0 Å². The molecule has 0 heterocycles. The Bertz CT molecular complexity index is 555. The zero-order chi connectivity index (χ0) is 14.7. The van der Waals surface area contributed by atoms with E-state index in [1.54, 1.807) is 6.92 Å². The quantitative estimate of drug-likeness (QED) is 0.621. The topological polar surface area (TPSA) is 46.2 Å². The van der Waals surface area contributed by atoms with Gasteiger partial charge in [0, 0.05) is 23.4 Å². The van der Waals surface area contributed by atoms with E-state index in [0.29, 0.717) is 17.0 Å². The molecule has 0 aromatic heterocycles. The molecule has 3 aliphatic carbocycles. The first-order valence-electron chi connectivity index (χ1n) is 7.51. The second-order valence-corrected chi connectivity index (χ2v) is 7.43. The van der Waals surface area contributed by atoms with Crippen LogP contribution in [-0.4, -0.2) is 17.6 Å². The first kappa shape index (κ1) is 13.6. The van der Waals surface area contributed by atoms with Crippen LogP contribution in [0.5, 0.6) is 0 Å². The van der Waals surface area contributed by atoms with E-state index in [-0.39, 0.29) is 11.2 Å². The van der Waals surface area contributed by atoms with Crippen LogP contribution in [0, 0.1) is 16.7 Å². The van der Waals surface area contributed by atoms with Crippen molar-refractivity contribution in [3.63, 3.8) is 0 Å². The van der Waals surface area contributed by atoms with Gasteiger partial charge in [0.15, 0.2) is 0 Å². The van der Waals surface area contributed by atoms with E-state index in [9.17, 15) is 9.59 Å². The monoisotopic (exact) mass is 273 g/mol. The van der Waals surface area contributed by atoms with Crippen molar-refractivity contribution in [2.45, 2.75) is 53.0 Å². The lowest BCUT2D eigenvalue weighted by Crippen LogP contribution is -2.44. The molecule has 3 atom stereocenters. The van der Waals surface area contributed by atoms with E-state index in [1.165, 1.54) is 18.9 Å². The minimum absolute atomic E-state index is 0.269. The van der Waals surface area contributed by atoms with Crippen LogP contribution >= 0.6 is 0 Å². The molecule has 0 amide bonds. The molecule has 2 fully saturated rings. The smallest absolute Gasteiger partial charge is 0.228 e. The molecule has 3 rings (SSSR count). The van der Waals surface area contributed by atoms with Crippen LogP contribution in [-0.2, 0) is 9.59 Å². The summed E-state index contributed by atoms with van der Waals surface area (Å²) in [5, 5.41) is 3.54. The lowest BCUT2D eigenvalue weighted by molar-refractivity contribution is -0.131. The fraction of sp³-hybridized carbons (Fsp3) is 0.647. The molecular formula is C17H23NO2. The summed E-state index contributed by atoms with van der Waals surface area (Å²) in [5.41, 5.74) is 1.96. The molecule has 3 unspecified atom stereocenters. The summed E-state index contributed by atoms with van der Waals surface area (Å²) in [6, 6.07) is 0.396. The summed E-state index contributed by atoms with van der Waals surface area (Å²) in [4.78, 5) is 23.2. The second kappa shape index (κ2) is 4.06. The Labute approximate surface area is 120 Å². The predicted octanol–water partition coefficient (Wildman–Crippen LogP) is 2.77. The van der Waals surface area contributed by atoms with Crippen LogP contribution in [0.25, 0.3) is 0 Å². The predicted molar refractivity (Wildman–Crippen MR) is 78.0 cm³/mol. The molecule has 3 aliphatic rings. The average Bonchev–Trinajstić information content (AvgIpc) is 2.69. The first-order chi connectivity index (χ1) is 9.25. The van der Waals surface area contributed by atoms with Crippen LogP contribution in [0.4, 0.5) is 0 Å². The lowest BCUT2D eigenvalue weighted by Gasteiger charge is -2.40. The molecule has 2 saturated carbocycles. The van der Waals surface area contributed by atoms with E-state index in [1.807, 2.05) is 6.08 Å². The highest BCUT2D eigenvalue weighted by atomic mass is 16.2. The van der Waals surface area contributed by atoms with Crippen LogP contribution in [0.1, 0.15) is 47.0 Å². The molecule has 0 saturated heterocycles. The van der Waals surface area contributed by atoms with Crippen molar-refractivity contribution in [1.29, 1.82) is 0 Å². The standard InChI is InChI=1S/C17H23NO2/c1-10-7-12(9-13(19)15(10)20)18-14-8-11-5-6-17(14,4)16(11,2)3/h7,9,11,14,18H,5-6,8H2,1-4H3. The Morgan fingerprint density at radius 1 is 1.20 bits per heavy atom. The number of ketones is 2. The third kappa shape index (κ3) is 1.65. The van der Waals surface area contributed by atoms with Gasteiger partial charge in [-0.2, -0.15) is 0 Å². The number of allylic oxidation sites excluding steroid dienone is 3. The molecule has 1 N–H and O–H groups in total. The Balaban J connectivity index is 1.83. The molecule has 3 heteroatoms. The van der Waals surface area contributed by atoms with Gasteiger partial charge in [0.1, 0.15) is 0 Å². The third-order valence-corrected chi connectivity index (χ3v) is 6.38. The number of rotatable bonds is 2. The van der Waals surface area contributed by atoms with Gasteiger partial charge >= 0.3 is 0 Å². The van der Waals surface area contributed by atoms with Crippen molar-refractivity contribution in [3.8, 4) is 0 Å². The van der Waals surface area contributed by atoms with E-state index in [0.717, 1.165) is 18.0 Å². The van der Waals surface area contributed by atoms with E-state index >= 15 is 0 Å². The largest absolute Gasteiger partial charge is 0.382 e. The van der Waals surface area contributed by atoms with Crippen LogP contribution in [0.2, 0.25) is 0 Å². The Morgan fingerprint density at radius 2 is 1.90 bits per heavy atom. The molecule has 108 valence electrons. The fourth-order valence-electron chi connectivity index (χ4n) is 4.45. The summed E-state index contributed by atoms with van der Waals surface area (Å²) in [6.45, 7) is 8.82. The second-order valence-electron chi connectivity index (χ2n) is 7.43. The Hall–Kier alpha value is -1.38. The van der Waals surface area contributed by atoms with Crippen LogP contribution in [0.3, 0.4) is 0 Å². The highest BCUT2D eigenvalue weighted by molar-refractivity contribution is 6.48. The van der Waals surface area contributed by atoms with Gasteiger partial charge in [-0.1, -0.05) is 20.8 Å². The van der Waals surface area contributed by atoms with Gasteiger partial charge in [0.05, 0.1) is 0 Å². The average molecular weight is 273 g/mol. The van der Waals surface area contributed by atoms with Crippen LogP contribution < -0.4 is 5.32 Å². The maximum absolute atomic E-state index is 11.6. The van der Waals surface area contributed by atoms with Gasteiger partial charge in [0.2, 0.25) is 11.6 Å². The lowest BCUT2D eigenvalue weighted by atomic mass is 9.69. The van der Waals surface area contributed by atoms with Crippen molar-refractivity contribution < 1.29 is 9.59 Å². The molecule has 0 aromatic rings. The van der Waals surface area contributed by atoms with Gasteiger partial charge in [-0.3, -0.25) is 9.59 Å². The van der Waals surface area contributed by atoms with Gasteiger partial charge in [-0.05, 0) is 49.0 Å². The normalized spacial score (nSPS) is 38.8. The van der Waals surface area contributed by atoms with Gasteiger partial charge < -0.3 is 5.32 Å². The maximum atomic E-state index is 11.6. The van der Waals surface area contributed by atoms with Crippen molar-refractivity contribution in [1.82, 2.24) is 5.32 Å². The number of Topliss-reactive ketones (excluding diaryl/α,β-unsaturated/α-hetero) is 1. The van der Waals surface area contributed by atoms with Gasteiger partial charge in [0.25, 0.3) is 0 Å². The number of nitrogens with one attached hydrogen (secondary N) is 1. The number of carbonyl (C=O) groups excluding carboxylic acids is 2. The zero-order valence-electron chi connectivity index (χ0n) is 12.7. The van der Waals surface area contributed by atoms with Crippen molar-refractivity contribution in [2.24, 2.45) is 16.7 Å². The SMILES string of the molecule is CC1=CC(NC2CC3CCC2(C)C3(C)C)=CC(=O)C1=O. The van der Waals surface area contributed by atoms with Gasteiger partial charge in [-0.25, -0.2) is 0 Å². The summed E-state index contributed by atoms with van der Waals surface area (Å²) in [6.07, 6.45) is 6.98. The minimum atomic E-state index is -0.403. The molecule has 0 aromatic carbocycles. The van der Waals surface area contributed by atoms with Crippen molar-refractivity contribution in [3.05, 3.63) is 23.4 Å². The van der Waals surface area contributed by atoms with E-state index in [2.05, 4.69) is 26.1 Å². The summed E-state index contributed by atoms with van der Waals surface area (Å²) < 4.78 is 0. The molecule has 0 radical (unpaired) electrons. The maximum Gasteiger partial charge on any atom is 0.228 e.